The van der Waals surface area contributed by atoms with Crippen LogP contribution in [0.2, 0.25) is 0 Å². The topological polar surface area (TPSA) is 0 Å². The van der Waals surface area contributed by atoms with Gasteiger partial charge in [0.1, 0.15) is 0 Å². The lowest BCUT2D eigenvalue weighted by Gasteiger charge is -1.81. The molecule has 0 spiro atoms. The molecule has 1 atom stereocenters. The second kappa shape index (κ2) is 2.78. The highest BCUT2D eigenvalue weighted by Gasteiger charge is 1.76. The van der Waals surface area contributed by atoms with Crippen molar-refractivity contribution in [2.45, 2.75) is 6.92 Å². The minimum Gasteiger partial charge on any atom is -0.102 e. The van der Waals surface area contributed by atoms with Gasteiger partial charge in [-0.05, 0) is 6.92 Å². The molecule has 6 heavy (non-hydrogen) atoms. The fourth-order valence-corrected chi connectivity index (χ4v) is 0.174. The van der Waals surface area contributed by atoms with Crippen molar-refractivity contribution in [2.24, 2.45) is 5.92 Å². The zero-order valence-corrected chi connectivity index (χ0v) is 3.99. The van der Waals surface area contributed by atoms with E-state index in [1.165, 1.54) is 0 Å². The molecule has 32 valence electrons. The fourth-order valence-electron chi connectivity index (χ4n) is 0.174. The third-order valence-electron chi connectivity index (χ3n) is 0.348. The number of hydrogen-bond donors (Lipinski definition) is 0. The summed E-state index contributed by atoms with van der Waals surface area (Å²) in [6.07, 6.45) is 0. The quantitative estimate of drug-likeness (QED) is 0.385. The summed E-state index contributed by atoms with van der Waals surface area (Å²) in [4.78, 5) is 0. The van der Waals surface area contributed by atoms with Crippen molar-refractivity contribution in [3.8, 4) is 11.8 Å². The van der Waals surface area contributed by atoms with E-state index in [0.717, 1.165) is 0 Å². The second-order valence-electron chi connectivity index (χ2n) is 1.22. The molecule has 1 unspecified atom stereocenters. The van der Waals surface area contributed by atoms with Gasteiger partial charge in [-0.3, -0.25) is 0 Å². The molecule has 0 aliphatic heterocycles. The van der Waals surface area contributed by atoms with E-state index in [4.69, 9.17) is 0 Å². The summed E-state index contributed by atoms with van der Waals surface area (Å²) in [5.74, 6) is 5.47. The maximum Gasteiger partial charge on any atom is 0.0199 e. The van der Waals surface area contributed by atoms with Crippen LogP contribution in [0.1, 0.15) is 6.92 Å². The van der Waals surface area contributed by atoms with Crippen molar-refractivity contribution in [1.82, 2.24) is 0 Å². The Balaban J connectivity index is 3.20. The maximum absolute atomic E-state index is 3.61. The predicted octanol–water partition coefficient (Wildman–Crippen LogP) is 1.29. The highest BCUT2D eigenvalue weighted by molar-refractivity contribution is 5.05. The predicted molar refractivity (Wildman–Crippen MR) is 27.7 cm³/mol. The van der Waals surface area contributed by atoms with Crippen molar-refractivity contribution >= 4 is 0 Å². The molecule has 0 aliphatic carbocycles. The molecule has 0 fully saturated rings. The molecular weight excluding hydrogens is 72.1 g/mol. The Kier molecular flexibility index (Phi) is 2.58. The van der Waals surface area contributed by atoms with Crippen LogP contribution in [0.15, 0.2) is 0 Å². The van der Waals surface area contributed by atoms with Gasteiger partial charge in [0.2, 0.25) is 0 Å². The van der Waals surface area contributed by atoms with E-state index >= 15 is 0 Å². The van der Waals surface area contributed by atoms with E-state index in [1.807, 2.05) is 6.92 Å². The van der Waals surface area contributed by atoms with Crippen LogP contribution in [0.4, 0.5) is 0 Å². The Morgan fingerprint density at radius 1 is 1.67 bits per heavy atom. The van der Waals surface area contributed by atoms with E-state index in [9.17, 15) is 0 Å². The molecule has 0 aliphatic rings. The average Bonchev–Trinajstić information content (AvgIpc) is 1.35. The summed E-state index contributed by atoms with van der Waals surface area (Å²) in [5, 5.41) is 0. The third kappa shape index (κ3) is 3.56. The Morgan fingerprint density at radius 3 is 2.17 bits per heavy atom. The van der Waals surface area contributed by atoms with Crippen molar-refractivity contribution < 1.29 is 0 Å². The molecular formula is C6H8. The van der Waals surface area contributed by atoms with Gasteiger partial charge < -0.3 is 0 Å². The smallest absolute Gasteiger partial charge is 0.0199 e. The minimum absolute atomic E-state index is 0.225. The molecule has 0 aromatic heterocycles. The first-order valence-electron chi connectivity index (χ1n) is 1.88. The molecule has 2 radical (unpaired) electrons. The Labute approximate surface area is 39.6 Å². The third-order valence-corrected chi connectivity index (χ3v) is 0.348. The first-order chi connectivity index (χ1) is 2.77. The van der Waals surface area contributed by atoms with Crippen LogP contribution in [0.25, 0.3) is 0 Å². The first-order valence-corrected chi connectivity index (χ1v) is 1.88. The zero-order chi connectivity index (χ0) is 4.99. The first kappa shape index (κ1) is 5.56. The van der Waals surface area contributed by atoms with Crippen molar-refractivity contribution in [3.63, 3.8) is 0 Å². The standard InChI is InChI=1S/C6H8/c1-4-5-6(2)3/h6H,1-2H2,3H3. The van der Waals surface area contributed by atoms with Crippen molar-refractivity contribution in [3.05, 3.63) is 13.8 Å². The van der Waals surface area contributed by atoms with E-state index in [-0.39, 0.29) is 5.92 Å². The maximum atomic E-state index is 3.61. The molecule has 0 heteroatoms. The average molecular weight is 80.1 g/mol. The Bertz CT molecular complexity index is 69.8. The van der Waals surface area contributed by atoms with Crippen LogP contribution < -0.4 is 0 Å². The fraction of sp³-hybridized carbons (Fsp3) is 0.333. The summed E-state index contributed by atoms with van der Waals surface area (Å²) in [6, 6.07) is 0. The molecule has 0 rings (SSSR count). The molecule has 0 aromatic carbocycles. The summed E-state index contributed by atoms with van der Waals surface area (Å²) in [7, 11) is 0. The van der Waals surface area contributed by atoms with Gasteiger partial charge in [0, 0.05) is 12.8 Å². The van der Waals surface area contributed by atoms with E-state index in [1.54, 1.807) is 0 Å². The van der Waals surface area contributed by atoms with Gasteiger partial charge in [-0.25, -0.2) is 0 Å². The molecule has 0 saturated heterocycles. The monoisotopic (exact) mass is 80.1 g/mol. The van der Waals surface area contributed by atoms with E-state index in [0.29, 0.717) is 0 Å². The van der Waals surface area contributed by atoms with Crippen LogP contribution in [0.5, 0.6) is 0 Å². The number of hydrogen-bond acceptors (Lipinski definition) is 0. The summed E-state index contributed by atoms with van der Waals surface area (Å²) < 4.78 is 0. The molecule has 0 amide bonds. The molecule has 0 N–H and O–H groups in total. The largest absolute Gasteiger partial charge is 0.102 e. The molecule has 0 nitrogen and oxygen atoms in total. The lowest BCUT2D eigenvalue weighted by Crippen LogP contribution is -1.75. The van der Waals surface area contributed by atoms with Crippen molar-refractivity contribution in [2.75, 3.05) is 0 Å². The molecule has 0 bridgehead atoms. The minimum atomic E-state index is 0.225. The van der Waals surface area contributed by atoms with Gasteiger partial charge in [-0.2, -0.15) is 0 Å². The van der Waals surface area contributed by atoms with Gasteiger partial charge in [0.15, 0.2) is 0 Å². The summed E-state index contributed by atoms with van der Waals surface area (Å²) in [5.41, 5.74) is 0. The van der Waals surface area contributed by atoms with Gasteiger partial charge in [0.25, 0.3) is 0 Å². The summed E-state index contributed by atoms with van der Waals surface area (Å²) >= 11 is 0. The highest BCUT2D eigenvalue weighted by atomic mass is 13.8. The normalized spacial score (nSPS) is 7.33. The SMILES string of the molecule is [CH2]C#CC([CH2])C. The van der Waals surface area contributed by atoms with E-state index in [2.05, 4.69) is 25.7 Å². The van der Waals surface area contributed by atoms with Crippen LogP contribution in [0, 0.1) is 31.6 Å². The van der Waals surface area contributed by atoms with Gasteiger partial charge in [0.05, 0.1) is 0 Å². The van der Waals surface area contributed by atoms with E-state index < -0.39 is 0 Å². The van der Waals surface area contributed by atoms with Crippen LogP contribution in [-0.4, -0.2) is 0 Å². The van der Waals surface area contributed by atoms with Gasteiger partial charge in [-0.1, -0.05) is 6.92 Å². The second-order valence-corrected chi connectivity index (χ2v) is 1.22. The van der Waals surface area contributed by atoms with Gasteiger partial charge >= 0.3 is 0 Å². The van der Waals surface area contributed by atoms with Crippen molar-refractivity contribution in [1.29, 1.82) is 0 Å². The number of rotatable bonds is 0. The Hall–Kier alpha value is -0.440. The van der Waals surface area contributed by atoms with Crippen LogP contribution in [-0.2, 0) is 0 Å². The lowest BCUT2D eigenvalue weighted by atomic mass is 10.2. The van der Waals surface area contributed by atoms with Crippen LogP contribution >= 0.6 is 0 Å². The van der Waals surface area contributed by atoms with Crippen LogP contribution in [0.3, 0.4) is 0 Å². The van der Waals surface area contributed by atoms with Gasteiger partial charge in [-0.15, -0.1) is 11.8 Å². The molecule has 0 aromatic rings. The zero-order valence-electron chi connectivity index (χ0n) is 3.99. The molecule has 0 saturated carbocycles. The highest BCUT2D eigenvalue weighted by Crippen LogP contribution is 1.82. The lowest BCUT2D eigenvalue weighted by molar-refractivity contribution is 0.977. The summed E-state index contributed by atoms with van der Waals surface area (Å²) in [6.45, 7) is 8.87. The Morgan fingerprint density at radius 2 is 2.17 bits per heavy atom. The molecule has 0 heterocycles.